The molecule has 0 saturated heterocycles. The second kappa shape index (κ2) is 4.47. The minimum absolute atomic E-state index is 0.142. The molecule has 0 aliphatic carbocycles. The van der Waals surface area contributed by atoms with E-state index in [9.17, 15) is 8.42 Å². The minimum Gasteiger partial charge on any atom is -0.324 e. The lowest BCUT2D eigenvalue weighted by Crippen LogP contribution is -2.40. The van der Waals surface area contributed by atoms with Crippen LogP contribution in [0.5, 0.6) is 0 Å². The van der Waals surface area contributed by atoms with Crippen LogP contribution in [0.3, 0.4) is 0 Å². The van der Waals surface area contributed by atoms with Crippen LogP contribution in [0.25, 0.3) is 0 Å². The molecule has 1 aliphatic heterocycles. The van der Waals surface area contributed by atoms with Gasteiger partial charge in [-0.2, -0.15) is 0 Å². The summed E-state index contributed by atoms with van der Waals surface area (Å²) < 4.78 is 26.7. The maximum atomic E-state index is 11.9. The van der Waals surface area contributed by atoms with Crippen LogP contribution in [0.15, 0.2) is 26.5 Å². The zero-order valence-corrected chi connectivity index (χ0v) is 11.9. The number of nitrogens with one attached hydrogen (secondary N) is 2. The number of aliphatic imine (C=N–C) groups is 1. The molecule has 1 aliphatic rings. The predicted octanol–water partition coefficient (Wildman–Crippen LogP) is 2.18. The van der Waals surface area contributed by atoms with Gasteiger partial charge in [-0.05, 0) is 35.0 Å². The van der Waals surface area contributed by atoms with Gasteiger partial charge in [0.15, 0.2) is 0 Å². The van der Waals surface area contributed by atoms with E-state index in [0.717, 1.165) is 0 Å². The second-order valence-electron chi connectivity index (χ2n) is 3.32. The van der Waals surface area contributed by atoms with Crippen molar-refractivity contribution in [3.63, 3.8) is 0 Å². The zero-order chi connectivity index (χ0) is 12.6. The van der Waals surface area contributed by atoms with Crippen molar-refractivity contribution in [3.05, 3.63) is 21.6 Å². The lowest BCUT2D eigenvalue weighted by atomic mass is 10.3. The number of guanidine groups is 1. The van der Waals surface area contributed by atoms with Crippen molar-refractivity contribution in [1.29, 1.82) is 0 Å². The Balaban J connectivity index is 2.61. The van der Waals surface area contributed by atoms with Crippen LogP contribution in [0.2, 0.25) is 5.02 Å². The van der Waals surface area contributed by atoms with Crippen molar-refractivity contribution >= 4 is 49.2 Å². The van der Waals surface area contributed by atoms with E-state index in [4.69, 9.17) is 11.6 Å². The highest BCUT2D eigenvalue weighted by Crippen LogP contribution is 2.33. The summed E-state index contributed by atoms with van der Waals surface area (Å²) in [5, 5.41) is 3.31. The van der Waals surface area contributed by atoms with Crippen LogP contribution >= 0.6 is 27.5 Å². The average molecular weight is 339 g/mol. The molecule has 0 spiro atoms. The lowest BCUT2D eigenvalue weighted by Gasteiger charge is -2.21. The summed E-state index contributed by atoms with van der Waals surface area (Å²) in [4.78, 5) is 4.13. The molecular formula is C9H9BrClN3O2S. The zero-order valence-electron chi connectivity index (χ0n) is 8.79. The van der Waals surface area contributed by atoms with Gasteiger partial charge in [0.25, 0.3) is 10.0 Å². The highest BCUT2D eigenvalue weighted by Gasteiger charge is 2.27. The van der Waals surface area contributed by atoms with Gasteiger partial charge in [-0.3, -0.25) is 4.99 Å². The summed E-state index contributed by atoms with van der Waals surface area (Å²) in [6.45, 7) is 2.29. The predicted molar refractivity (Wildman–Crippen MR) is 71.1 cm³/mol. The smallest absolute Gasteiger partial charge is 0.266 e. The molecule has 0 fully saturated rings. The number of rotatable bonds is 1. The first-order chi connectivity index (χ1) is 7.94. The van der Waals surface area contributed by atoms with Gasteiger partial charge >= 0.3 is 0 Å². The Labute approximate surface area is 112 Å². The Morgan fingerprint density at radius 3 is 2.82 bits per heavy atom. The molecule has 0 saturated carbocycles. The highest BCUT2D eigenvalue weighted by molar-refractivity contribution is 9.10. The number of benzene rings is 1. The average Bonchev–Trinajstić information content (AvgIpc) is 2.21. The summed E-state index contributed by atoms with van der Waals surface area (Å²) in [5.41, 5.74) is 0.421. The fourth-order valence-corrected chi connectivity index (χ4v) is 3.22. The van der Waals surface area contributed by atoms with Gasteiger partial charge in [0.05, 0.1) is 10.7 Å². The number of hydrogen-bond donors (Lipinski definition) is 2. The van der Waals surface area contributed by atoms with Crippen LogP contribution in [-0.2, 0) is 10.0 Å². The van der Waals surface area contributed by atoms with E-state index in [0.29, 0.717) is 21.7 Å². The molecule has 1 aromatic rings. The van der Waals surface area contributed by atoms with Crippen LogP contribution in [0.1, 0.15) is 6.92 Å². The molecule has 0 bridgehead atoms. The van der Waals surface area contributed by atoms with Crippen molar-refractivity contribution in [2.75, 3.05) is 11.9 Å². The number of fused-ring (bicyclic) bond motifs is 1. The number of anilines is 1. The number of sulfonamides is 1. The van der Waals surface area contributed by atoms with E-state index < -0.39 is 10.0 Å². The third kappa shape index (κ3) is 2.41. The standard InChI is InChI=1S/C9H9BrClN3O2S/c1-2-12-9-13-7-4-6(11)5(10)3-8(7)17(15,16)14-9/h3-4H,2H2,1H3,(H2,12,13,14). The molecule has 0 unspecified atom stereocenters. The molecule has 0 radical (unpaired) electrons. The monoisotopic (exact) mass is 337 g/mol. The molecule has 2 rings (SSSR count). The molecule has 0 aromatic heterocycles. The van der Waals surface area contributed by atoms with Gasteiger partial charge in [0.2, 0.25) is 5.96 Å². The van der Waals surface area contributed by atoms with Crippen LogP contribution < -0.4 is 10.0 Å². The van der Waals surface area contributed by atoms with Gasteiger partial charge in [-0.25, -0.2) is 13.1 Å². The van der Waals surface area contributed by atoms with Crippen molar-refractivity contribution in [2.24, 2.45) is 4.99 Å². The molecule has 5 nitrogen and oxygen atoms in total. The van der Waals surface area contributed by atoms with E-state index >= 15 is 0 Å². The van der Waals surface area contributed by atoms with E-state index in [1.54, 1.807) is 6.07 Å². The number of hydrogen-bond acceptors (Lipinski definition) is 3. The van der Waals surface area contributed by atoms with Gasteiger partial charge in [0.1, 0.15) is 4.90 Å². The normalized spacial score (nSPS) is 19.4. The first-order valence-corrected chi connectivity index (χ1v) is 7.43. The second-order valence-corrected chi connectivity index (χ2v) is 6.23. The summed E-state index contributed by atoms with van der Waals surface area (Å²) in [6, 6.07) is 3.00. The SMILES string of the molecule is CCN=C1Nc2cc(Cl)c(Br)cc2S(=O)(=O)N1. The largest absolute Gasteiger partial charge is 0.324 e. The molecule has 8 heteroatoms. The molecule has 0 atom stereocenters. The first kappa shape index (κ1) is 12.7. The van der Waals surface area contributed by atoms with Gasteiger partial charge in [-0.1, -0.05) is 11.6 Å². The van der Waals surface area contributed by atoms with E-state index in [2.05, 4.69) is 31.0 Å². The molecule has 1 aromatic carbocycles. The molecule has 92 valence electrons. The van der Waals surface area contributed by atoms with Crippen LogP contribution in [-0.4, -0.2) is 20.9 Å². The van der Waals surface area contributed by atoms with Gasteiger partial charge in [-0.15, -0.1) is 0 Å². The van der Waals surface area contributed by atoms with E-state index in [1.165, 1.54) is 6.07 Å². The molecule has 1 heterocycles. The molecule has 2 N–H and O–H groups in total. The van der Waals surface area contributed by atoms with Gasteiger partial charge in [0, 0.05) is 11.0 Å². The number of nitrogens with zero attached hydrogens (tertiary/aromatic N) is 1. The fourth-order valence-electron chi connectivity index (χ4n) is 1.41. The Morgan fingerprint density at radius 1 is 1.47 bits per heavy atom. The van der Waals surface area contributed by atoms with Crippen molar-refractivity contribution in [1.82, 2.24) is 4.72 Å². The quantitative estimate of drug-likeness (QED) is 0.824. The Bertz CT molecular complexity index is 601. The van der Waals surface area contributed by atoms with Crippen molar-refractivity contribution < 1.29 is 8.42 Å². The lowest BCUT2D eigenvalue weighted by molar-refractivity contribution is 0.591. The van der Waals surface area contributed by atoms with Crippen molar-refractivity contribution in [3.8, 4) is 0 Å². The Hall–Kier alpha value is -0.790. The van der Waals surface area contributed by atoms with Gasteiger partial charge < -0.3 is 5.32 Å². The maximum Gasteiger partial charge on any atom is 0.266 e. The molecular weight excluding hydrogens is 330 g/mol. The highest BCUT2D eigenvalue weighted by atomic mass is 79.9. The summed E-state index contributed by atoms with van der Waals surface area (Å²) in [7, 11) is -3.58. The summed E-state index contributed by atoms with van der Waals surface area (Å²) in [5.74, 6) is 0.207. The summed E-state index contributed by atoms with van der Waals surface area (Å²) in [6.07, 6.45) is 0. The molecule has 17 heavy (non-hydrogen) atoms. The van der Waals surface area contributed by atoms with Crippen LogP contribution in [0.4, 0.5) is 5.69 Å². The third-order valence-corrected chi connectivity index (χ3v) is 4.69. The van der Waals surface area contributed by atoms with Crippen LogP contribution in [0, 0.1) is 0 Å². The topological polar surface area (TPSA) is 70.6 Å². The Kier molecular flexibility index (Phi) is 3.33. The Morgan fingerprint density at radius 2 is 2.18 bits per heavy atom. The molecule has 0 amide bonds. The van der Waals surface area contributed by atoms with Crippen molar-refractivity contribution in [2.45, 2.75) is 11.8 Å². The van der Waals surface area contributed by atoms with E-state index in [1.807, 2.05) is 6.92 Å². The van der Waals surface area contributed by atoms with E-state index in [-0.39, 0.29) is 10.9 Å². The first-order valence-electron chi connectivity index (χ1n) is 4.77. The fraction of sp³-hybridized carbons (Fsp3) is 0.222. The summed E-state index contributed by atoms with van der Waals surface area (Å²) >= 11 is 9.11. The number of halogens is 2. The minimum atomic E-state index is -3.58. The maximum absolute atomic E-state index is 11.9. The third-order valence-electron chi connectivity index (χ3n) is 2.11.